The number of likely N-dealkylation sites (tertiary alicyclic amines) is 1. The fourth-order valence-electron chi connectivity index (χ4n) is 2.54. The van der Waals surface area contributed by atoms with Crippen LogP contribution in [0.2, 0.25) is 0 Å². The number of ether oxygens (including phenoxy) is 2. The summed E-state index contributed by atoms with van der Waals surface area (Å²) in [4.78, 5) is 2.38. The van der Waals surface area contributed by atoms with Gasteiger partial charge in [0.1, 0.15) is 0 Å². The first kappa shape index (κ1) is 12.3. The third-order valence-corrected chi connectivity index (χ3v) is 3.44. The van der Waals surface area contributed by atoms with Gasteiger partial charge in [-0.15, -0.1) is 0 Å². The van der Waals surface area contributed by atoms with Crippen LogP contribution < -0.4 is 0 Å². The normalized spacial score (nSPS) is 36.8. The Morgan fingerprint density at radius 1 is 1.31 bits per heavy atom. The van der Waals surface area contributed by atoms with E-state index in [-0.39, 0.29) is 18.5 Å². The number of aliphatic hydroxyl groups is 1. The van der Waals surface area contributed by atoms with Gasteiger partial charge in [-0.05, 0) is 39.3 Å². The average Bonchev–Trinajstić information content (AvgIpc) is 2.76. The number of hydrogen-bond acceptors (Lipinski definition) is 4. The minimum atomic E-state index is -0.322. The van der Waals surface area contributed by atoms with Crippen molar-refractivity contribution in [2.75, 3.05) is 26.2 Å². The lowest BCUT2D eigenvalue weighted by Gasteiger charge is -2.35. The van der Waals surface area contributed by atoms with Crippen LogP contribution in [0.25, 0.3) is 0 Å². The summed E-state index contributed by atoms with van der Waals surface area (Å²) in [5, 5.41) is 9.91. The largest absolute Gasteiger partial charge is 0.390 e. The van der Waals surface area contributed by atoms with Crippen molar-refractivity contribution in [3.8, 4) is 0 Å². The van der Waals surface area contributed by atoms with Crippen LogP contribution in [0, 0.1) is 0 Å². The second kappa shape index (κ2) is 5.96. The monoisotopic (exact) mass is 229 g/mol. The molecule has 0 spiro atoms. The van der Waals surface area contributed by atoms with Crippen molar-refractivity contribution < 1.29 is 14.6 Å². The van der Waals surface area contributed by atoms with E-state index in [1.807, 2.05) is 6.92 Å². The zero-order valence-corrected chi connectivity index (χ0v) is 10.1. The maximum atomic E-state index is 9.91. The summed E-state index contributed by atoms with van der Waals surface area (Å²) in [5.41, 5.74) is 0. The van der Waals surface area contributed by atoms with E-state index in [2.05, 4.69) is 4.90 Å². The molecule has 4 nitrogen and oxygen atoms in total. The third kappa shape index (κ3) is 3.17. The Morgan fingerprint density at radius 2 is 2.06 bits per heavy atom. The van der Waals surface area contributed by atoms with E-state index in [1.54, 1.807) is 0 Å². The number of aliphatic hydroxyl groups excluding tert-OH is 1. The smallest absolute Gasteiger partial charge is 0.158 e. The van der Waals surface area contributed by atoms with E-state index in [4.69, 9.17) is 9.47 Å². The van der Waals surface area contributed by atoms with E-state index in [9.17, 15) is 5.11 Å². The highest BCUT2D eigenvalue weighted by Crippen LogP contribution is 2.22. The summed E-state index contributed by atoms with van der Waals surface area (Å²) in [6.45, 7) is 5.80. The first-order chi connectivity index (χ1) is 7.79. The quantitative estimate of drug-likeness (QED) is 0.780. The molecule has 0 aliphatic carbocycles. The molecule has 0 aromatic carbocycles. The number of rotatable bonds is 4. The van der Waals surface area contributed by atoms with Gasteiger partial charge in [-0.1, -0.05) is 0 Å². The molecule has 94 valence electrons. The van der Waals surface area contributed by atoms with E-state index >= 15 is 0 Å². The standard InChI is InChI=1S/C12H23NO3/c1-2-15-12-6-5-10(14)11(16-12)9-13-7-3-4-8-13/h10-12,14H,2-9H2,1H3/t10-,11+,12-/m0/s1. The highest BCUT2D eigenvalue weighted by molar-refractivity contribution is 4.80. The van der Waals surface area contributed by atoms with Crippen molar-refractivity contribution in [3.63, 3.8) is 0 Å². The predicted octanol–water partition coefficient (Wildman–Crippen LogP) is 0.985. The molecule has 0 bridgehead atoms. The summed E-state index contributed by atoms with van der Waals surface area (Å²) in [5.74, 6) is 0. The molecule has 2 aliphatic heterocycles. The van der Waals surface area contributed by atoms with Gasteiger partial charge in [0.2, 0.25) is 0 Å². The Balaban J connectivity index is 1.80. The summed E-state index contributed by atoms with van der Waals surface area (Å²) in [7, 11) is 0. The van der Waals surface area contributed by atoms with Crippen LogP contribution in [0.1, 0.15) is 32.6 Å². The van der Waals surface area contributed by atoms with Crippen molar-refractivity contribution in [2.24, 2.45) is 0 Å². The Labute approximate surface area is 97.5 Å². The second-order valence-corrected chi connectivity index (χ2v) is 4.71. The number of nitrogens with zero attached hydrogens (tertiary/aromatic N) is 1. The van der Waals surface area contributed by atoms with Gasteiger partial charge < -0.3 is 19.5 Å². The van der Waals surface area contributed by atoms with Crippen LogP contribution in [0.15, 0.2) is 0 Å². The summed E-state index contributed by atoms with van der Waals surface area (Å²) < 4.78 is 11.3. The van der Waals surface area contributed by atoms with Crippen LogP contribution in [0.4, 0.5) is 0 Å². The average molecular weight is 229 g/mol. The third-order valence-electron chi connectivity index (χ3n) is 3.44. The van der Waals surface area contributed by atoms with Crippen LogP contribution >= 0.6 is 0 Å². The molecule has 2 fully saturated rings. The first-order valence-electron chi connectivity index (χ1n) is 6.47. The fourth-order valence-corrected chi connectivity index (χ4v) is 2.54. The van der Waals surface area contributed by atoms with Crippen molar-refractivity contribution in [3.05, 3.63) is 0 Å². The molecular weight excluding hydrogens is 206 g/mol. The van der Waals surface area contributed by atoms with E-state index in [0.29, 0.717) is 6.61 Å². The van der Waals surface area contributed by atoms with Gasteiger partial charge in [-0.3, -0.25) is 0 Å². The van der Waals surface area contributed by atoms with Crippen molar-refractivity contribution >= 4 is 0 Å². The molecule has 0 aromatic rings. The molecule has 16 heavy (non-hydrogen) atoms. The van der Waals surface area contributed by atoms with Crippen LogP contribution in [0.3, 0.4) is 0 Å². The van der Waals surface area contributed by atoms with Gasteiger partial charge in [0.25, 0.3) is 0 Å². The van der Waals surface area contributed by atoms with Gasteiger partial charge in [0, 0.05) is 19.6 Å². The van der Waals surface area contributed by atoms with E-state index < -0.39 is 0 Å². The maximum absolute atomic E-state index is 9.91. The minimum absolute atomic E-state index is 0.0663. The van der Waals surface area contributed by atoms with Gasteiger partial charge in [-0.2, -0.15) is 0 Å². The molecule has 0 aromatic heterocycles. The highest BCUT2D eigenvalue weighted by atomic mass is 16.7. The zero-order chi connectivity index (χ0) is 11.4. The molecule has 2 heterocycles. The SMILES string of the molecule is CCO[C@@H]1CC[C@H](O)[C@@H](CN2CCCC2)O1. The Hall–Kier alpha value is -0.160. The highest BCUT2D eigenvalue weighted by Gasteiger charge is 2.31. The molecule has 0 saturated carbocycles. The molecule has 0 radical (unpaired) electrons. The van der Waals surface area contributed by atoms with Crippen LogP contribution in [-0.4, -0.2) is 54.7 Å². The van der Waals surface area contributed by atoms with Crippen molar-refractivity contribution in [2.45, 2.75) is 51.1 Å². The Kier molecular flexibility index (Phi) is 4.58. The number of hydrogen-bond donors (Lipinski definition) is 1. The maximum Gasteiger partial charge on any atom is 0.158 e. The molecule has 0 unspecified atom stereocenters. The molecule has 2 aliphatic rings. The lowest BCUT2D eigenvalue weighted by Crippen LogP contribution is -2.46. The summed E-state index contributed by atoms with van der Waals surface area (Å²) in [6, 6.07) is 0. The van der Waals surface area contributed by atoms with Gasteiger partial charge in [0.05, 0.1) is 12.2 Å². The van der Waals surface area contributed by atoms with Crippen LogP contribution in [0.5, 0.6) is 0 Å². The molecule has 1 N–H and O–H groups in total. The van der Waals surface area contributed by atoms with E-state index in [0.717, 1.165) is 32.5 Å². The lowest BCUT2D eigenvalue weighted by molar-refractivity contribution is -0.223. The first-order valence-corrected chi connectivity index (χ1v) is 6.47. The molecule has 2 saturated heterocycles. The second-order valence-electron chi connectivity index (χ2n) is 4.71. The summed E-state index contributed by atoms with van der Waals surface area (Å²) in [6.07, 6.45) is 3.66. The fraction of sp³-hybridized carbons (Fsp3) is 1.00. The predicted molar refractivity (Wildman–Crippen MR) is 61.2 cm³/mol. The van der Waals surface area contributed by atoms with Crippen molar-refractivity contribution in [1.29, 1.82) is 0 Å². The molecule has 4 heteroatoms. The topological polar surface area (TPSA) is 41.9 Å². The van der Waals surface area contributed by atoms with Crippen molar-refractivity contribution in [1.82, 2.24) is 4.90 Å². The zero-order valence-electron chi connectivity index (χ0n) is 10.1. The van der Waals surface area contributed by atoms with Gasteiger partial charge in [0.15, 0.2) is 6.29 Å². The van der Waals surface area contributed by atoms with E-state index in [1.165, 1.54) is 12.8 Å². The molecular formula is C12H23NO3. The molecule has 0 amide bonds. The van der Waals surface area contributed by atoms with Gasteiger partial charge >= 0.3 is 0 Å². The Bertz CT molecular complexity index is 206. The molecule has 2 rings (SSSR count). The van der Waals surface area contributed by atoms with Gasteiger partial charge in [-0.25, -0.2) is 0 Å². The summed E-state index contributed by atoms with van der Waals surface area (Å²) >= 11 is 0. The van der Waals surface area contributed by atoms with Crippen LogP contribution in [-0.2, 0) is 9.47 Å². The minimum Gasteiger partial charge on any atom is -0.390 e. The lowest BCUT2D eigenvalue weighted by atomic mass is 10.0. The Morgan fingerprint density at radius 3 is 2.75 bits per heavy atom. The molecule has 3 atom stereocenters.